The number of sulfonamides is 1. The van der Waals surface area contributed by atoms with E-state index in [0.29, 0.717) is 45.2 Å². The maximum absolute atomic E-state index is 11.4. The van der Waals surface area contributed by atoms with Crippen molar-refractivity contribution in [3.63, 3.8) is 0 Å². The summed E-state index contributed by atoms with van der Waals surface area (Å²) in [4.78, 5) is 4.61. The summed E-state index contributed by atoms with van der Waals surface area (Å²) >= 11 is 0. The van der Waals surface area contributed by atoms with Gasteiger partial charge in [-0.2, -0.15) is 0 Å². The molecule has 160 valence electrons. The van der Waals surface area contributed by atoms with Gasteiger partial charge in [-0.15, -0.1) is 0 Å². The van der Waals surface area contributed by atoms with Crippen molar-refractivity contribution in [2.24, 2.45) is 4.99 Å². The monoisotopic (exact) mass is 414 g/mol. The number of hydrogen-bond donors (Lipinski definition) is 3. The van der Waals surface area contributed by atoms with Crippen molar-refractivity contribution in [1.29, 1.82) is 0 Å². The van der Waals surface area contributed by atoms with Gasteiger partial charge in [0.2, 0.25) is 10.0 Å². The van der Waals surface area contributed by atoms with Crippen molar-refractivity contribution in [3.8, 4) is 5.75 Å². The molecule has 0 bridgehead atoms. The summed E-state index contributed by atoms with van der Waals surface area (Å²) in [7, 11) is -1.50. The summed E-state index contributed by atoms with van der Waals surface area (Å²) in [5.74, 6) is 1.59. The van der Waals surface area contributed by atoms with Crippen LogP contribution in [0.2, 0.25) is 0 Å². The molecule has 1 aromatic carbocycles. The smallest absolute Gasteiger partial charge is 0.211 e. The zero-order valence-corrected chi connectivity index (χ0v) is 18.2. The molecular weight excluding hydrogens is 380 g/mol. The minimum atomic E-state index is -3.14. The van der Waals surface area contributed by atoms with Crippen molar-refractivity contribution in [2.45, 2.75) is 33.7 Å². The van der Waals surface area contributed by atoms with Crippen LogP contribution in [0.4, 0.5) is 0 Å². The first kappa shape index (κ1) is 24.2. The van der Waals surface area contributed by atoms with Gasteiger partial charge in [0.15, 0.2) is 5.96 Å². The SMILES string of the molecule is CCNC(=NCc1ccc(C)cc1OCCOC)NCCCNS(=O)(=O)CC. The van der Waals surface area contributed by atoms with Crippen molar-refractivity contribution in [3.05, 3.63) is 29.3 Å². The quantitative estimate of drug-likeness (QED) is 0.256. The van der Waals surface area contributed by atoms with Gasteiger partial charge in [-0.05, 0) is 38.8 Å². The van der Waals surface area contributed by atoms with Crippen LogP contribution >= 0.6 is 0 Å². The number of rotatable bonds is 13. The molecule has 0 unspecified atom stereocenters. The fraction of sp³-hybridized carbons (Fsp3) is 0.632. The van der Waals surface area contributed by atoms with Crippen LogP contribution in [0.25, 0.3) is 0 Å². The van der Waals surface area contributed by atoms with Crippen LogP contribution < -0.4 is 20.1 Å². The number of guanidine groups is 1. The summed E-state index contributed by atoms with van der Waals surface area (Å²) in [5, 5.41) is 6.42. The molecule has 0 aliphatic carbocycles. The fourth-order valence-corrected chi connectivity index (χ4v) is 2.95. The Hall–Kier alpha value is -1.84. The van der Waals surface area contributed by atoms with Gasteiger partial charge in [-0.1, -0.05) is 12.1 Å². The highest BCUT2D eigenvalue weighted by Crippen LogP contribution is 2.21. The van der Waals surface area contributed by atoms with Crippen LogP contribution in [0.15, 0.2) is 23.2 Å². The Bertz CT molecular complexity index is 708. The van der Waals surface area contributed by atoms with E-state index in [2.05, 4.69) is 20.3 Å². The summed E-state index contributed by atoms with van der Waals surface area (Å²) in [6.07, 6.45) is 0.666. The second kappa shape index (κ2) is 13.4. The van der Waals surface area contributed by atoms with Crippen LogP contribution in [0.3, 0.4) is 0 Å². The molecule has 0 aromatic heterocycles. The molecule has 3 N–H and O–H groups in total. The topological polar surface area (TPSA) is 101 Å². The van der Waals surface area contributed by atoms with Crippen molar-refractivity contribution < 1.29 is 17.9 Å². The number of methoxy groups -OCH3 is 1. The molecule has 0 fully saturated rings. The van der Waals surface area contributed by atoms with E-state index in [0.717, 1.165) is 23.4 Å². The number of aliphatic imine (C=N–C) groups is 1. The lowest BCUT2D eigenvalue weighted by Crippen LogP contribution is -2.38. The number of nitrogens with one attached hydrogen (secondary N) is 3. The fourth-order valence-electron chi connectivity index (χ4n) is 2.29. The lowest BCUT2D eigenvalue weighted by Gasteiger charge is -2.14. The minimum Gasteiger partial charge on any atom is -0.491 e. The number of nitrogens with zero attached hydrogens (tertiary/aromatic N) is 1. The highest BCUT2D eigenvalue weighted by Gasteiger charge is 2.06. The lowest BCUT2D eigenvalue weighted by molar-refractivity contribution is 0.145. The molecular formula is C19H34N4O4S. The molecule has 8 nitrogen and oxygen atoms in total. The molecule has 0 heterocycles. The van der Waals surface area contributed by atoms with E-state index in [9.17, 15) is 8.42 Å². The summed E-state index contributed by atoms with van der Waals surface area (Å²) in [6.45, 7) is 8.88. The molecule has 0 saturated heterocycles. The normalized spacial score (nSPS) is 12.1. The van der Waals surface area contributed by atoms with Crippen LogP contribution in [0.5, 0.6) is 5.75 Å². The lowest BCUT2D eigenvalue weighted by atomic mass is 10.1. The molecule has 0 saturated carbocycles. The van der Waals surface area contributed by atoms with E-state index in [1.165, 1.54) is 0 Å². The van der Waals surface area contributed by atoms with Gasteiger partial charge in [0, 0.05) is 32.3 Å². The predicted octanol–water partition coefficient (Wildman–Crippen LogP) is 1.40. The van der Waals surface area contributed by atoms with Crippen molar-refractivity contribution >= 4 is 16.0 Å². The molecule has 0 aliphatic heterocycles. The van der Waals surface area contributed by atoms with E-state index >= 15 is 0 Å². The summed E-state index contributed by atoms with van der Waals surface area (Å²) < 4.78 is 36.2. The standard InChI is InChI=1S/C19H34N4O4S/c1-5-20-19(21-10-7-11-23-28(24,25)6-2)22-15-17-9-8-16(3)14-18(17)27-13-12-26-4/h8-9,14,23H,5-7,10-13,15H2,1-4H3,(H2,20,21,22). The molecule has 1 rings (SSSR count). The third-order valence-electron chi connectivity index (χ3n) is 3.87. The van der Waals surface area contributed by atoms with Gasteiger partial charge < -0.3 is 20.1 Å². The van der Waals surface area contributed by atoms with Crippen molar-refractivity contribution in [1.82, 2.24) is 15.4 Å². The van der Waals surface area contributed by atoms with Gasteiger partial charge in [0.25, 0.3) is 0 Å². The van der Waals surface area contributed by atoms with E-state index in [-0.39, 0.29) is 5.75 Å². The van der Waals surface area contributed by atoms with Crippen LogP contribution in [-0.2, 0) is 21.3 Å². The maximum atomic E-state index is 11.4. The Kier molecular flexibility index (Phi) is 11.5. The average molecular weight is 415 g/mol. The Morgan fingerprint density at radius 1 is 1.14 bits per heavy atom. The average Bonchev–Trinajstić information content (AvgIpc) is 2.67. The highest BCUT2D eigenvalue weighted by molar-refractivity contribution is 7.89. The Balaban J connectivity index is 2.61. The number of aryl methyl sites for hydroxylation is 1. The summed E-state index contributed by atoms with van der Waals surface area (Å²) in [6, 6.07) is 6.05. The number of hydrogen-bond acceptors (Lipinski definition) is 5. The minimum absolute atomic E-state index is 0.0931. The van der Waals surface area contributed by atoms with Crippen LogP contribution in [0.1, 0.15) is 31.4 Å². The third-order valence-corrected chi connectivity index (χ3v) is 5.27. The largest absolute Gasteiger partial charge is 0.491 e. The number of ether oxygens (including phenoxy) is 2. The Morgan fingerprint density at radius 2 is 1.93 bits per heavy atom. The molecule has 0 amide bonds. The molecule has 1 aromatic rings. The molecule has 28 heavy (non-hydrogen) atoms. The third kappa shape index (κ3) is 9.91. The van der Waals surface area contributed by atoms with Crippen LogP contribution in [-0.4, -0.2) is 60.1 Å². The second-order valence-electron chi connectivity index (χ2n) is 6.23. The molecule has 0 spiro atoms. The van der Waals surface area contributed by atoms with E-state index in [1.54, 1.807) is 14.0 Å². The van der Waals surface area contributed by atoms with Gasteiger partial charge in [0.1, 0.15) is 12.4 Å². The van der Waals surface area contributed by atoms with E-state index in [1.807, 2.05) is 32.0 Å². The van der Waals surface area contributed by atoms with Gasteiger partial charge in [-0.25, -0.2) is 18.1 Å². The molecule has 0 atom stereocenters. The Labute approximate surface area is 169 Å². The van der Waals surface area contributed by atoms with Crippen LogP contribution in [0, 0.1) is 6.92 Å². The van der Waals surface area contributed by atoms with Crippen molar-refractivity contribution in [2.75, 3.05) is 45.7 Å². The summed E-state index contributed by atoms with van der Waals surface area (Å²) in [5.41, 5.74) is 2.12. The zero-order chi connectivity index (χ0) is 20.8. The van der Waals surface area contributed by atoms with Gasteiger partial charge >= 0.3 is 0 Å². The molecule has 0 radical (unpaired) electrons. The molecule has 0 aliphatic rings. The zero-order valence-electron chi connectivity index (χ0n) is 17.4. The van der Waals surface area contributed by atoms with Gasteiger partial charge in [0.05, 0.1) is 18.9 Å². The molecule has 9 heteroatoms. The first-order valence-electron chi connectivity index (χ1n) is 9.62. The first-order chi connectivity index (χ1) is 13.4. The first-order valence-corrected chi connectivity index (χ1v) is 11.3. The predicted molar refractivity (Wildman–Crippen MR) is 113 cm³/mol. The second-order valence-corrected chi connectivity index (χ2v) is 8.32. The van der Waals surface area contributed by atoms with E-state index < -0.39 is 10.0 Å². The Morgan fingerprint density at radius 3 is 2.61 bits per heavy atom. The maximum Gasteiger partial charge on any atom is 0.211 e. The van der Waals surface area contributed by atoms with Gasteiger partial charge in [-0.3, -0.25) is 0 Å². The number of benzene rings is 1. The highest BCUT2D eigenvalue weighted by atomic mass is 32.2. The van der Waals surface area contributed by atoms with E-state index in [4.69, 9.17) is 9.47 Å².